The number of nitrogens with zero attached hydrogens (tertiary/aromatic N) is 9. The summed E-state index contributed by atoms with van der Waals surface area (Å²) in [5.41, 5.74) is 9.20. The highest BCUT2D eigenvalue weighted by atomic mass is 19.1. The first kappa shape index (κ1) is 53.5. The number of anilines is 1. The van der Waals surface area contributed by atoms with Gasteiger partial charge in [-0.25, -0.2) is 18.4 Å². The van der Waals surface area contributed by atoms with Crippen LogP contribution in [0.2, 0.25) is 0 Å². The monoisotopic (exact) mass is 1110 g/mol. The molecular formula is C61H73F2N11O7. The third-order valence-corrected chi connectivity index (χ3v) is 19.9. The molecule has 20 heteroatoms. The summed E-state index contributed by atoms with van der Waals surface area (Å²) in [5, 5.41) is 14.6. The van der Waals surface area contributed by atoms with Crippen molar-refractivity contribution in [3.05, 3.63) is 81.9 Å². The minimum atomic E-state index is -0.726. The SMILES string of the molecule is CCc1c(F)ccc2cc(O)cc(-c3ncc4c(N5CCC[C@](C)(N)C5)nc(OC[C@@]56CCCN5[C@H](COC(=O)N5CCC7(CC5)CC(N5CCC(c8ccc9c(c8)n(C)c(=O)n9C8CCC(=O)NC8=O)CC5)C7)CC6)nc4c3F)c12. The quantitative estimate of drug-likeness (QED) is 0.105. The number of carbonyl (C=O) groups excluding carboxylic acids is 3. The van der Waals surface area contributed by atoms with Gasteiger partial charge in [-0.2, -0.15) is 9.97 Å². The molecule has 3 amide bonds. The van der Waals surface area contributed by atoms with Crippen molar-refractivity contribution in [2.75, 3.05) is 63.9 Å². The van der Waals surface area contributed by atoms with E-state index in [-0.39, 0.29) is 76.2 Å². The van der Waals surface area contributed by atoms with Gasteiger partial charge in [-0.15, -0.1) is 0 Å². The third kappa shape index (κ3) is 9.55. The lowest BCUT2D eigenvalue weighted by Gasteiger charge is -2.56. The van der Waals surface area contributed by atoms with E-state index >= 15 is 8.78 Å². The van der Waals surface area contributed by atoms with Crippen molar-refractivity contribution < 1.29 is 37.7 Å². The Morgan fingerprint density at radius 3 is 2.46 bits per heavy atom. The Labute approximate surface area is 468 Å². The van der Waals surface area contributed by atoms with Gasteiger partial charge in [0.2, 0.25) is 11.8 Å². The number of nitrogens with two attached hydrogens (primary N) is 1. The Balaban J connectivity index is 0.624. The van der Waals surface area contributed by atoms with Gasteiger partial charge < -0.3 is 35.0 Å². The number of aromatic nitrogens is 5. The molecule has 0 bridgehead atoms. The van der Waals surface area contributed by atoms with Crippen LogP contribution in [0.3, 0.4) is 0 Å². The summed E-state index contributed by atoms with van der Waals surface area (Å²) in [6.45, 7) is 9.77. The number of phenolic OH excluding ortho intramolecular Hbond substituents is 1. The number of benzene rings is 3. The molecule has 13 rings (SSSR count). The van der Waals surface area contributed by atoms with Gasteiger partial charge in [0.1, 0.15) is 47.9 Å². The number of aryl methyl sites for hydroxylation is 2. The van der Waals surface area contributed by atoms with E-state index in [0.29, 0.717) is 90.6 Å². The average Bonchev–Trinajstić information content (AvgIpc) is 4.22. The lowest BCUT2D eigenvalue weighted by molar-refractivity contribution is -0.135. The number of pyridine rings is 1. The number of piperidine rings is 4. The average molecular weight is 1110 g/mol. The Kier molecular flexibility index (Phi) is 13.6. The summed E-state index contributed by atoms with van der Waals surface area (Å²) in [7, 11) is 1.75. The Bertz CT molecular complexity index is 3560. The number of phenols is 1. The molecule has 6 aromatic rings. The van der Waals surface area contributed by atoms with Crippen LogP contribution in [0.5, 0.6) is 11.8 Å². The largest absolute Gasteiger partial charge is 0.508 e. The maximum absolute atomic E-state index is 17.3. The van der Waals surface area contributed by atoms with E-state index in [1.54, 1.807) is 34.5 Å². The first-order chi connectivity index (χ1) is 39.0. The van der Waals surface area contributed by atoms with Crippen LogP contribution in [0, 0.1) is 17.0 Å². The Morgan fingerprint density at radius 1 is 0.901 bits per heavy atom. The van der Waals surface area contributed by atoms with Gasteiger partial charge in [-0.05, 0) is 180 Å². The van der Waals surface area contributed by atoms with E-state index in [1.807, 2.05) is 24.8 Å². The molecule has 6 aliphatic heterocycles. The fourth-order valence-corrected chi connectivity index (χ4v) is 15.5. The highest BCUT2D eigenvalue weighted by molar-refractivity contribution is 6.02. The van der Waals surface area contributed by atoms with Crippen LogP contribution in [0.4, 0.5) is 19.4 Å². The number of hydrogen-bond acceptors (Lipinski definition) is 14. The topological polar surface area (TPSA) is 207 Å². The summed E-state index contributed by atoms with van der Waals surface area (Å²) in [4.78, 5) is 74.9. The van der Waals surface area contributed by atoms with E-state index in [2.05, 4.69) is 37.1 Å². The number of rotatable bonds is 11. The van der Waals surface area contributed by atoms with Crippen LogP contribution < -0.4 is 26.4 Å². The fourth-order valence-electron chi connectivity index (χ4n) is 15.5. The normalized spacial score (nSPS) is 25.8. The number of aromatic hydroxyl groups is 1. The molecule has 81 heavy (non-hydrogen) atoms. The van der Waals surface area contributed by atoms with Gasteiger partial charge in [-0.3, -0.25) is 33.9 Å². The smallest absolute Gasteiger partial charge is 0.409 e. The molecule has 7 fully saturated rings. The van der Waals surface area contributed by atoms with Gasteiger partial charge in [0.05, 0.1) is 22.0 Å². The zero-order valence-electron chi connectivity index (χ0n) is 46.7. The van der Waals surface area contributed by atoms with Crippen molar-refractivity contribution in [3.8, 4) is 23.0 Å². The number of nitrogens with one attached hydrogen (secondary N) is 1. The number of fused-ring (bicyclic) bond motifs is 4. The predicted molar refractivity (Wildman–Crippen MR) is 302 cm³/mol. The zero-order chi connectivity index (χ0) is 56.1. The number of ether oxygens (including phenoxy) is 2. The van der Waals surface area contributed by atoms with Crippen molar-refractivity contribution in [3.63, 3.8) is 0 Å². The van der Waals surface area contributed by atoms with Crippen molar-refractivity contribution >= 4 is 56.4 Å². The second-order valence-electron chi connectivity index (χ2n) is 25.0. The highest BCUT2D eigenvalue weighted by Gasteiger charge is 2.52. The summed E-state index contributed by atoms with van der Waals surface area (Å²) in [6, 6.07) is 12.0. The minimum absolute atomic E-state index is 0.0101. The number of carbonyl (C=O) groups is 3. The number of halogens is 2. The van der Waals surface area contributed by atoms with E-state index in [9.17, 15) is 24.3 Å². The number of imidazole rings is 1. The second-order valence-corrected chi connectivity index (χ2v) is 25.0. The molecular weight excluding hydrogens is 1040 g/mol. The van der Waals surface area contributed by atoms with E-state index in [1.165, 1.54) is 17.7 Å². The van der Waals surface area contributed by atoms with Crippen LogP contribution >= 0.6 is 0 Å². The van der Waals surface area contributed by atoms with Crippen molar-refractivity contribution in [2.24, 2.45) is 18.2 Å². The summed E-state index contributed by atoms with van der Waals surface area (Å²) in [5.74, 6) is -1.12. The minimum Gasteiger partial charge on any atom is -0.508 e. The highest BCUT2D eigenvalue weighted by Crippen LogP contribution is 2.52. The fraction of sp³-hybridized carbons (Fsp3) is 0.557. The maximum Gasteiger partial charge on any atom is 0.409 e. The molecule has 428 valence electrons. The van der Waals surface area contributed by atoms with E-state index in [0.717, 1.165) is 102 Å². The van der Waals surface area contributed by atoms with Gasteiger partial charge in [0.25, 0.3) is 0 Å². The summed E-state index contributed by atoms with van der Waals surface area (Å²) >= 11 is 0. The van der Waals surface area contributed by atoms with Crippen LogP contribution in [0.25, 0.3) is 44.0 Å². The van der Waals surface area contributed by atoms with Crippen LogP contribution in [-0.4, -0.2) is 144 Å². The number of hydrogen-bond donors (Lipinski definition) is 3. The van der Waals surface area contributed by atoms with Crippen molar-refractivity contribution in [2.45, 2.75) is 145 Å². The number of amides is 3. The first-order valence-corrected chi connectivity index (χ1v) is 29.4. The van der Waals surface area contributed by atoms with Gasteiger partial charge >= 0.3 is 17.8 Å². The lowest BCUT2D eigenvalue weighted by atomic mass is 9.59. The molecule has 18 nitrogen and oxygen atoms in total. The van der Waals surface area contributed by atoms with Crippen molar-refractivity contribution in [1.82, 2.24) is 44.1 Å². The van der Waals surface area contributed by atoms with Crippen molar-refractivity contribution in [1.29, 1.82) is 0 Å². The molecule has 7 aliphatic rings. The first-order valence-electron chi connectivity index (χ1n) is 29.4. The molecule has 1 saturated carbocycles. The molecule has 4 atom stereocenters. The van der Waals surface area contributed by atoms with Gasteiger partial charge in [0.15, 0.2) is 5.82 Å². The number of imide groups is 1. The molecule has 3 aromatic carbocycles. The van der Waals surface area contributed by atoms with Crippen LogP contribution in [-0.2, 0) is 27.8 Å². The van der Waals surface area contributed by atoms with Gasteiger partial charge in [-0.1, -0.05) is 19.1 Å². The Morgan fingerprint density at radius 2 is 1.69 bits per heavy atom. The zero-order valence-corrected chi connectivity index (χ0v) is 46.7. The van der Waals surface area contributed by atoms with E-state index in [4.69, 9.17) is 25.2 Å². The summed E-state index contributed by atoms with van der Waals surface area (Å²) in [6.07, 6.45) is 13.6. The maximum atomic E-state index is 17.3. The molecule has 4 N–H and O–H groups in total. The second kappa shape index (κ2) is 20.6. The molecule has 1 spiro atoms. The molecule has 6 saturated heterocycles. The third-order valence-electron chi connectivity index (χ3n) is 19.9. The molecule has 1 aliphatic carbocycles. The van der Waals surface area contributed by atoms with Crippen LogP contribution in [0.1, 0.15) is 127 Å². The standard InChI is InChI=1S/C61H73F2N11O7/c1-4-42-45(62)9-7-38-27-41(75)29-43(50(38)42)52-51(63)53-44(32-65-52)54(72-21-5-16-59(2,64)34-72)68-56(67-53)81-35-61-17-6-22-73(61)39(13-18-61)33-80-58(79)71-25-19-60(20-26-71)30-40(31-60)70-23-14-36(15-24-70)37-8-10-46-48(28-37)69(3)57(78)74(46)47-11-12-49(76)66-55(47)77/h7-10,27-29,32,36,39-40,47,75H,4-6,11-26,30-31,33-35,64H2,1-3H3,(H,66,76,77)/t39-,47?,59-,61-/m0/s1. The molecule has 0 radical (unpaired) electrons. The van der Waals surface area contributed by atoms with Gasteiger partial charge in [0, 0.05) is 69.0 Å². The lowest BCUT2D eigenvalue weighted by Crippen LogP contribution is -2.56. The molecule has 3 aromatic heterocycles. The molecule has 9 heterocycles. The Hall–Kier alpha value is -6.77. The van der Waals surface area contributed by atoms with Crippen LogP contribution in [0.15, 0.2) is 53.5 Å². The summed E-state index contributed by atoms with van der Waals surface area (Å²) < 4.78 is 48.5. The van der Waals surface area contributed by atoms with E-state index < -0.39 is 29.1 Å². The predicted octanol–water partition coefficient (Wildman–Crippen LogP) is 7.98. The number of likely N-dealkylation sites (tertiary alicyclic amines) is 2. The molecule has 1 unspecified atom stereocenters.